The summed E-state index contributed by atoms with van der Waals surface area (Å²) in [4.78, 5) is 22.7. The third-order valence-corrected chi connectivity index (χ3v) is 4.40. The van der Waals surface area contributed by atoms with E-state index in [4.69, 9.17) is 5.73 Å². The van der Waals surface area contributed by atoms with Crippen molar-refractivity contribution in [1.82, 2.24) is 9.97 Å². The zero-order valence-corrected chi connectivity index (χ0v) is 14.3. The minimum Gasteiger partial charge on any atom is -0.368 e. The van der Waals surface area contributed by atoms with E-state index in [1.165, 1.54) is 5.56 Å². The number of aromatic nitrogens is 2. The number of amides is 1. The van der Waals surface area contributed by atoms with Gasteiger partial charge in [0.15, 0.2) is 0 Å². The highest BCUT2D eigenvalue weighted by molar-refractivity contribution is 5.96. The fourth-order valence-electron chi connectivity index (χ4n) is 3.13. The number of nitrogen functional groups attached to an aromatic ring is 1. The molecule has 0 aliphatic carbocycles. The second kappa shape index (κ2) is 6.47. The van der Waals surface area contributed by atoms with Crippen LogP contribution in [0.1, 0.15) is 30.2 Å². The Balaban J connectivity index is 1.78. The fourth-order valence-corrected chi connectivity index (χ4v) is 3.13. The Labute approximate surface area is 142 Å². The zero-order chi connectivity index (χ0) is 17.3. The lowest BCUT2D eigenvalue weighted by Gasteiger charge is -2.19. The molecule has 6 nitrogen and oxygen atoms in total. The Morgan fingerprint density at radius 1 is 1.25 bits per heavy atom. The number of nitrogens with zero attached hydrogens (tertiary/aromatic N) is 3. The third kappa shape index (κ3) is 3.18. The molecule has 1 fully saturated rings. The summed E-state index contributed by atoms with van der Waals surface area (Å²) >= 11 is 0. The molecule has 2 aromatic rings. The van der Waals surface area contributed by atoms with Crippen molar-refractivity contribution in [2.75, 3.05) is 22.5 Å². The van der Waals surface area contributed by atoms with Crippen molar-refractivity contribution in [2.45, 2.75) is 39.7 Å². The van der Waals surface area contributed by atoms with Crippen LogP contribution in [0.2, 0.25) is 0 Å². The molecule has 1 atom stereocenters. The van der Waals surface area contributed by atoms with E-state index in [0.29, 0.717) is 13.0 Å². The first-order valence-electron chi connectivity index (χ1n) is 8.24. The summed E-state index contributed by atoms with van der Waals surface area (Å²) in [6.07, 6.45) is 1.26. The summed E-state index contributed by atoms with van der Waals surface area (Å²) in [5.41, 5.74) is 9.82. The van der Waals surface area contributed by atoms with Crippen LogP contribution in [0.15, 0.2) is 24.3 Å². The second-order valence-electron chi connectivity index (χ2n) is 6.23. The molecule has 1 saturated heterocycles. The number of rotatable bonds is 4. The van der Waals surface area contributed by atoms with Gasteiger partial charge >= 0.3 is 0 Å². The molecule has 6 heteroatoms. The number of benzene rings is 1. The summed E-state index contributed by atoms with van der Waals surface area (Å²) in [7, 11) is 0. The van der Waals surface area contributed by atoms with Gasteiger partial charge in [-0.25, -0.2) is 4.98 Å². The molecule has 0 spiro atoms. The van der Waals surface area contributed by atoms with Crippen LogP contribution in [-0.4, -0.2) is 28.5 Å². The van der Waals surface area contributed by atoms with Gasteiger partial charge in [-0.15, -0.1) is 0 Å². The number of anilines is 3. The van der Waals surface area contributed by atoms with Gasteiger partial charge in [0.05, 0.1) is 6.04 Å². The fraction of sp³-hybridized carbons (Fsp3) is 0.389. The maximum Gasteiger partial charge on any atom is 0.229 e. The van der Waals surface area contributed by atoms with E-state index in [0.717, 1.165) is 29.2 Å². The molecule has 1 aliphatic heterocycles. The van der Waals surface area contributed by atoms with Gasteiger partial charge in [0.1, 0.15) is 5.82 Å². The van der Waals surface area contributed by atoms with Crippen molar-refractivity contribution >= 4 is 23.4 Å². The number of nitrogens with two attached hydrogens (primary N) is 1. The van der Waals surface area contributed by atoms with Gasteiger partial charge < -0.3 is 16.0 Å². The van der Waals surface area contributed by atoms with Crippen molar-refractivity contribution in [2.24, 2.45) is 0 Å². The van der Waals surface area contributed by atoms with Gasteiger partial charge in [-0.2, -0.15) is 4.98 Å². The SMILES string of the molecule is CCc1c(C)nc(N)nc1NC1CC(=O)N(c2ccc(C)cc2)C1. The monoisotopic (exact) mass is 325 g/mol. The van der Waals surface area contributed by atoms with Crippen LogP contribution >= 0.6 is 0 Å². The van der Waals surface area contributed by atoms with E-state index in [1.54, 1.807) is 0 Å². The Morgan fingerprint density at radius 3 is 2.62 bits per heavy atom. The van der Waals surface area contributed by atoms with Crippen LogP contribution in [0.5, 0.6) is 0 Å². The van der Waals surface area contributed by atoms with Crippen LogP contribution in [-0.2, 0) is 11.2 Å². The normalized spacial score (nSPS) is 17.4. The van der Waals surface area contributed by atoms with E-state index in [-0.39, 0.29) is 17.9 Å². The highest BCUT2D eigenvalue weighted by atomic mass is 16.2. The van der Waals surface area contributed by atoms with Gasteiger partial charge in [0, 0.05) is 29.9 Å². The van der Waals surface area contributed by atoms with Crippen LogP contribution in [0.3, 0.4) is 0 Å². The minimum absolute atomic E-state index is 0.0119. The zero-order valence-electron chi connectivity index (χ0n) is 14.3. The van der Waals surface area contributed by atoms with E-state index in [9.17, 15) is 4.79 Å². The molecule has 0 saturated carbocycles. The first-order valence-corrected chi connectivity index (χ1v) is 8.24. The van der Waals surface area contributed by atoms with E-state index >= 15 is 0 Å². The molecule has 1 aromatic carbocycles. The average Bonchev–Trinajstić information content (AvgIpc) is 2.88. The predicted octanol–water partition coefficient (Wildman–Crippen LogP) is 2.46. The smallest absolute Gasteiger partial charge is 0.229 e. The molecule has 0 radical (unpaired) electrons. The number of carbonyl (C=O) groups is 1. The van der Waals surface area contributed by atoms with Gasteiger partial charge in [-0.1, -0.05) is 24.6 Å². The molecular weight excluding hydrogens is 302 g/mol. The molecule has 0 bridgehead atoms. The third-order valence-electron chi connectivity index (χ3n) is 4.40. The topological polar surface area (TPSA) is 84.1 Å². The molecule has 1 unspecified atom stereocenters. The predicted molar refractivity (Wildman–Crippen MR) is 96.1 cm³/mol. The highest BCUT2D eigenvalue weighted by Crippen LogP contribution is 2.25. The molecule has 3 N–H and O–H groups in total. The molecular formula is C18H23N5O. The minimum atomic E-state index is 0.0119. The molecule has 1 aliphatic rings. The molecule has 3 rings (SSSR count). The maximum atomic E-state index is 12.4. The molecule has 1 aromatic heterocycles. The first-order chi connectivity index (χ1) is 11.5. The Hall–Kier alpha value is -2.63. The largest absolute Gasteiger partial charge is 0.368 e. The number of nitrogens with one attached hydrogen (secondary N) is 1. The number of carbonyl (C=O) groups excluding carboxylic acids is 1. The van der Waals surface area contributed by atoms with Gasteiger partial charge in [0.25, 0.3) is 0 Å². The molecule has 1 amide bonds. The van der Waals surface area contributed by atoms with Crippen molar-refractivity contribution < 1.29 is 4.79 Å². The Morgan fingerprint density at radius 2 is 1.96 bits per heavy atom. The van der Waals surface area contributed by atoms with Gasteiger partial charge in [-0.05, 0) is 32.4 Å². The summed E-state index contributed by atoms with van der Waals surface area (Å²) < 4.78 is 0. The summed E-state index contributed by atoms with van der Waals surface area (Å²) in [6, 6.07) is 8.03. The number of hydrogen-bond donors (Lipinski definition) is 2. The molecule has 126 valence electrons. The van der Waals surface area contributed by atoms with Crippen LogP contribution in [0, 0.1) is 13.8 Å². The van der Waals surface area contributed by atoms with E-state index in [1.807, 2.05) is 43.0 Å². The molecule has 2 heterocycles. The lowest BCUT2D eigenvalue weighted by atomic mass is 10.1. The summed E-state index contributed by atoms with van der Waals surface area (Å²) in [5.74, 6) is 1.12. The standard InChI is InChI=1S/C18H23N5O/c1-4-15-12(3)20-18(19)22-17(15)21-13-9-16(24)23(10-13)14-7-5-11(2)6-8-14/h5-8,13H,4,9-10H2,1-3H3,(H3,19,20,21,22). The van der Waals surface area contributed by atoms with Crippen molar-refractivity contribution in [3.8, 4) is 0 Å². The first kappa shape index (κ1) is 16.2. The second-order valence-corrected chi connectivity index (χ2v) is 6.23. The summed E-state index contributed by atoms with van der Waals surface area (Å²) in [6.45, 7) is 6.65. The lowest BCUT2D eigenvalue weighted by molar-refractivity contribution is -0.117. The van der Waals surface area contributed by atoms with Crippen molar-refractivity contribution in [1.29, 1.82) is 0 Å². The van der Waals surface area contributed by atoms with E-state index in [2.05, 4.69) is 22.2 Å². The number of aryl methyl sites for hydroxylation is 2. The van der Waals surface area contributed by atoms with Gasteiger partial charge in [0.2, 0.25) is 11.9 Å². The maximum absolute atomic E-state index is 12.4. The van der Waals surface area contributed by atoms with Crippen LogP contribution in [0.4, 0.5) is 17.5 Å². The Bertz CT molecular complexity index is 757. The highest BCUT2D eigenvalue weighted by Gasteiger charge is 2.31. The lowest BCUT2D eigenvalue weighted by Crippen LogP contribution is -2.28. The molecule has 24 heavy (non-hydrogen) atoms. The van der Waals surface area contributed by atoms with E-state index < -0.39 is 0 Å². The number of hydrogen-bond acceptors (Lipinski definition) is 5. The van der Waals surface area contributed by atoms with Crippen LogP contribution < -0.4 is 16.0 Å². The van der Waals surface area contributed by atoms with Crippen molar-refractivity contribution in [3.05, 3.63) is 41.1 Å². The quantitative estimate of drug-likeness (QED) is 0.902. The van der Waals surface area contributed by atoms with Crippen LogP contribution in [0.25, 0.3) is 0 Å². The summed E-state index contributed by atoms with van der Waals surface area (Å²) in [5, 5.41) is 3.39. The Kier molecular flexibility index (Phi) is 4.38. The van der Waals surface area contributed by atoms with Crippen molar-refractivity contribution in [3.63, 3.8) is 0 Å². The van der Waals surface area contributed by atoms with Gasteiger partial charge in [-0.3, -0.25) is 4.79 Å². The average molecular weight is 325 g/mol.